The molecule has 0 radical (unpaired) electrons. The molecule has 0 heterocycles. The van der Waals surface area contributed by atoms with Crippen LogP contribution < -0.4 is 0 Å². The minimum absolute atomic E-state index is 0.174. The number of allylic oxidation sites excluding steroid dienone is 1. The Morgan fingerprint density at radius 2 is 1.95 bits per heavy atom. The first kappa shape index (κ1) is 16.1. The van der Waals surface area contributed by atoms with E-state index in [1.54, 1.807) is 19.1 Å². The van der Waals surface area contributed by atoms with Crippen molar-refractivity contribution < 1.29 is 18.7 Å². The van der Waals surface area contributed by atoms with Crippen LogP contribution >= 0.6 is 0 Å². The monoisotopic (exact) mass is 278 g/mol. The highest BCUT2D eigenvalue weighted by Crippen LogP contribution is 2.31. The summed E-state index contributed by atoms with van der Waals surface area (Å²) in [6, 6.07) is 5.74. The number of ketones is 1. The summed E-state index contributed by atoms with van der Waals surface area (Å²) in [7, 11) is 0. The van der Waals surface area contributed by atoms with Crippen molar-refractivity contribution in [1.82, 2.24) is 0 Å². The van der Waals surface area contributed by atoms with E-state index in [2.05, 4.69) is 6.58 Å². The molecule has 1 rings (SSSR count). The molecule has 1 atom stereocenters. The van der Waals surface area contributed by atoms with E-state index in [9.17, 15) is 14.0 Å². The Morgan fingerprint density at radius 1 is 1.35 bits per heavy atom. The summed E-state index contributed by atoms with van der Waals surface area (Å²) >= 11 is 0. The maximum atomic E-state index is 12.9. The van der Waals surface area contributed by atoms with Crippen molar-refractivity contribution in [3.63, 3.8) is 0 Å². The molecular weight excluding hydrogens is 259 g/mol. The van der Waals surface area contributed by atoms with Gasteiger partial charge in [0.15, 0.2) is 0 Å². The van der Waals surface area contributed by atoms with E-state index < -0.39 is 11.4 Å². The fourth-order valence-electron chi connectivity index (χ4n) is 2.11. The van der Waals surface area contributed by atoms with Crippen molar-refractivity contribution in [2.24, 2.45) is 5.41 Å². The van der Waals surface area contributed by atoms with Gasteiger partial charge in [0.1, 0.15) is 17.0 Å². The molecule has 0 aliphatic heterocycles. The third-order valence-corrected chi connectivity index (χ3v) is 3.25. The molecule has 0 N–H and O–H groups in total. The van der Waals surface area contributed by atoms with Gasteiger partial charge in [0.05, 0.1) is 6.61 Å². The molecule has 0 unspecified atom stereocenters. The van der Waals surface area contributed by atoms with Gasteiger partial charge in [-0.2, -0.15) is 0 Å². The van der Waals surface area contributed by atoms with Crippen molar-refractivity contribution in [1.29, 1.82) is 0 Å². The second kappa shape index (κ2) is 6.98. The number of hydrogen-bond acceptors (Lipinski definition) is 3. The molecule has 0 aliphatic rings. The summed E-state index contributed by atoms with van der Waals surface area (Å²) in [5.41, 5.74) is -0.577. The molecule has 0 saturated heterocycles. The average Bonchev–Trinajstić information content (AvgIpc) is 2.40. The number of rotatable bonds is 7. The van der Waals surface area contributed by atoms with Crippen molar-refractivity contribution >= 4 is 11.8 Å². The smallest absolute Gasteiger partial charge is 0.320 e. The molecule has 0 aliphatic carbocycles. The Balaban J connectivity index is 3.14. The number of Topliss-reactive ketones (excluding diaryl/α,β-unsaturated/α-hetero) is 1. The summed E-state index contributed by atoms with van der Waals surface area (Å²) in [4.78, 5) is 24.2. The first-order valence-corrected chi connectivity index (χ1v) is 6.50. The lowest BCUT2D eigenvalue weighted by molar-refractivity contribution is -0.159. The van der Waals surface area contributed by atoms with Gasteiger partial charge < -0.3 is 4.74 Å². The number of ether oxygens (including phenoxy) is 1. The zero-order valence-corrected chi connectivity index (χ0v) is 11.8. The van der Waals surface area contributed by atoms with Crippen LogP contribution in [0.3, 0.4) is 0 Å². The zero-order chi connectivity index (χ0) is 15.2. The van der Waals surface area contributed by atoms with E-state index in [1.165, 1.54) is 25.1 Å². The van der Waals surface area contributed by atoms with Crippen LogP contribution in [0.5, 0.6) is 0 Å². The van der Waals surface area contributed by atoms with Crippen LogP contribution in [0, 0.1) is 11.2 Å². The Kier molecular flexibility index (Phi) is 5.62. The lowest BCUT2D eigenvalue weighted by Crippen LogP contribution is -2.41. The van der Waals surface area contributed by atoms with Gasteiger partial charge in [0.25, 0.3) is 0 Å². The standard InChI is InChI=1S/C16H19FO3/c1-4-10-16(12(3)18,15(19)20-5-2)11-13-6-8-14(17)9-7-13/h4,6-9H,1,5,10-11H2,2-3H3/t16-/m1/s1. The second-order valence-electron chi connectivity index (χ2n) is 4.65. The Labute approximate surface area is 118 Å². The molecule has 20 heavy (non-hydrogen) atoms. The van der Waals surface area contributed by atoms with Gasteiger partial charge in [0.2, 0.25) is 0 Å². The fraction of sp³-hybridized carbons (Fsp3) is 0.375. The second-order valence-corrected chi connectivity index (χ2v) is 4.65. The number of halogens is 1. The van der Waals surface area contributed by atoms with Gasteiger partial charge >= 0.3 is 5.97 Å². The Hall–Kier alpha value is -1.97. The van der Waals surface area contributed by atoms with Crippen LogP contribution in [0.4, 0.5) is 4.39 Å². The number of benzene rings is 1. The predicted molar refractivity (Wildman–Crippen MR) is 74.7 cm³/mol. The highest BCUT2D eigenvalue weighted by Gasteiger charge is 2.43. The topological polar surface area (TPSA) is 43.4 Å². The summed E-state index contributed by atoms with van der Waals surface area (Å²) in [5.74, 6) is -1.20. The van der Waals surface area contributed by atoms with Gasteiger partial charge in [-0.1, -0.05) is 18.2 Å². The van der Waals surface area contributed by atoms with Crippen LogP contribution in [-0.4, -0.2) is 18.4 Å². The van der Waals surface area contributed by atoms with E-state index in [0.717, 1.165) is 0 Å². The predicted octanol–water partition coefficient (Wildman–Crippen LogP) is 3.08. The van der Waals surface area contributed by atoms with Crippen molar-refractivity contribution in [3.8, 4) is 0 Å². The number of carbonyl (C=O) groups is 2. The molecule has 0 amide bonds. The lowest BCUT2D eigenvalue weighted by atomic mass is 9.75. The Morgan fingerprint density at radius 3 is 2.40 bits per heavy atom. The van der Waals surface area contributed by atoms with E-state index in [1.807, 2.05) is 0 Å². The molecule has 0 bridgehead atoms. The van der Waals surface area contributed by atoms with Crippen LogP contribution in [0.1, 0.15) is 25.8 Å². The fourth-order valence-corrected chi connectivity index (χ4v) is 2.11. The van der Waals surface area contributed by atoms with Crippen LogP contribution in [-0.2, 0) is 20.7 Å². The van der Waals surface area contributed by atoms with Gasteiger partial charge in [-0.15, -0.1) is 6.58 Å². The summed E-state index contributed by atoms with van der Waals surface area (Å²) in [6.45, 7) is 6.86. The summed E-state index contributed by atoms with van der Waals surface area (Å²) in [5, 5.41) is 0. The number of hydrogen-bond donors (Lipinski definition) is 0. The SMILES string of the molecule is C=CC[C@@](Cc1ccc(F)cc1)(C(C)=O)C(=O)OCC. The van der Waals surface area contributed by atoms with Gasteiger partial charge in [-0.05, 0) is 44.4 Å². The quantitative estimate of drug-likeness (QED) is 0.437. The molecular formula is C16H19FO3. The molecule has 4 heteroatoms. The third kappa shape index (κ3) is 3.53. The van der Waals surface area contributed by atoms with Crippen molar-refractivity contribution in [2.75, 3.05) is 6.61 Å². The van der Waals surface area contributed by atoms with Gasteiger partial charge in [0, 0.05) is 0 Å². The molecule has 1 aromatic carbocycles. The average molecular weight is 278 g/mol. The maximum Gasteiger partial charge on any atom is 0.320 e. The van der Waals surface area contributed by atoms with Crippen molar-refractivity contribution in [3.05, 3.63) is 48.3 Å². The normalized spacial score (nSPS) is 13.3. The molecule has 1 aromatic rings. The minimum atomic E-state index is -1.28. The van der Waals surface area contributed by atoms with Gasteiger partial charge in [-0.25, -0.2) is 4.39 Å². The van der Waals surface area contributed by atoms with Crippen LogP contribution in [0.25, 0.3) is 0 Å². The molecule has 0 aromatic heterocycles. The first-order valence-electron chi connectivity index (χ1n) is 6.50. The van der Waals surface area contributed by atoms with E-state index in [4.69, 9.17) is 4.74 Å². The lowest BCUT2D eigenvalue weighted by Gasteiger charge is -2.27. The number of carbonyl (C=O) groups excluding carboxylic acids is 2. The van der Waals surface area contributed by atoms with E-state index in [0.29, 0.717) is 5.56 Å². The highest BCUT2D eigenvalue weighted by molar-refractivity contribution is 6.03. The summed E-state index contributed by atoms with van der Waals surface area (Å²) < 4.78 is 18.0. The first-order chi connectivity index (χ1) is 9.46. The third-order valence-electron chi connectivity index (χ3n) is 3.25. The van der Waals surface area contributed by atoms with Crippen LogP contribution in [0.2, 0.25) is 0 Å². The highest BCUT2D eigenvalue weighted by atomic mass is 19.1. The minimum Gasteiger partial charge on any atom is -0.465 e. The maximum absolute atomic E-state index is 12.9. The molecule has 3 nitrogen and oxygen atoms in total. The number of esters is 1. The molecule has 0 saturated carbocycles. The van der Waals surface area contributed by atoms with Gasteiger partial charge in [-0.3, -0.25) is 9.59 Å². The summed E-state index contributed by atoms with van der Waals surface area (Å²) in [6.07, 6.45) is 1.90. The Bertz CT molecular complexity index is 493. The molecule has 0 fully saturated rings. The zero-order valence-electron chi connectivity index (χ0n) is 11.8. The van der Waals surface area contributed by atoms with E-state index in [-0.39, 0.29) is 31.0 Å². The van der Waals surface area contributed by atoms with Crippen LogP contribution in [0.15, 0.2) is 36.9 Å². The largest absolute Gasteiger partial charge is 0.465 e. The molecule has 108 valence electrons. The van der Waals surface area contributed by atoms with E-state index >= 15 is 0 Å². The van der Waals surface area contributed by atoms with Crippen molar-refractivity contribution in [2.45, 2.75) is 26.7 Å². The molecule has 0 spiro atoms.